The van der Waals surface area contributed by atoms with Gasteiger partial charge in [-0.05, 0) is 25.1 Å². The number of hydrogen-bond donors (Lipinski definition) is 2. The number of H-pyrrole nitrogens is 1. The summed E-state index contributed by atoms with van der Waals surface area (Å²) >= 11 is 0. The number of nitrogens with one attached hydrogen (secondary N) is 1. The van der Waals surface area contributed by atoms with Gasteiger partial charge in [0.05, 0.1) is 25.7 Å². The third-order valence-electron chi connectivity index (χ3n) is 3.96. The summed E-state index contributed by atoms with van der Waals surface area (Å²) in [5.74, 6) is 0.620. The van der Waals surface area contributed by atoms with Crippen LogP contribution in [0.5, 0.6) is 17.4 Å². The van der Waals surface area contributed by atoms with Crippen molar-refractivity contribution in [2.75, 3.05) is 14.2 Å². The first-order valence-electron chi connectivity index (χ1n) is 7.40. The van der Waals surface area contributed by atoms with Gasteiger partial charge in [0.25, 0.3) is 5.56 Å². The standard InChI is InChI=1S/C17H16N4O4/c1-8-20-16(22)14-13(11(7-18)15(19)25-17(14)21-8)10-6-9(23-2)4-5-12(10)24-3/h4-6,13H,19H2,1-3H3,(H,20,21,22). The van der Waals surface area contributed by atoms with Gasteiger partial charge in [-0.15, -0.1) is 0 Å². The van der Waals surface area contributed by atoms with Gasteiger partial charge in [0.15, 0.2) is 0 Å². The quantitative estimate of drug-likeness (QED) is 0.863. The van der Waals surface area contributed by atoms with Crippen LogP contribution in [0.25, 0.3) is 0 Å². The average molecular weight is 340 g/mol. The normalized spacial score (nSPS) is 15.8. The molecule has 1 unspecified atom stereocenters. The second-order valence-corrected chi connectivity index (χ2v) is 5.40. The van der Waals surface area contributed by atoms with E-state index >= 15 is 0 Å². The lowest BCUT2D eigenvalue weighted by molar-refractivity contribution is 0.368. The van der Waals surface area contributed by atoms with Crippen LogP contribution in [-0.4, -0.2) is 24.2 Å². The highest BCUT2D eigenvalue weighted by Gasteiger charge is 2.36. The van der Waals surface area contributed by atoms with Gasteiger partial charge < -0.3 is 24.9 Å². The first kappa shape index (κ1) is 16.4. The van der Waals surface area contributed by atoms with E-state index in [-0.39, 0.29) is 22.9 Å². The number of nitrogens with zero attached hydrogens (tertiary/aromatic N) is 2. The first-order chi connectivity index (χ1) is 12.0. The van der Waals surface area contributed by atoms with Gasteiger partial charge in [-0.25, -0.2) is 0 Å². The Morgan fingerprint density at radius 2 is 2.12 bits per heavy atom. The number of aryl methyl sites for hydroxylation is 1. The molecule has 1 aromatic heterocycles. The van der Waals surface area contributed by atoms with Gasteiger partial charge in [0.1, 0.15) is 29.0 Å². The molecular weight excluding hydrogens is 324 g/mol. The van der Waals surface area contributed by atoms with Crippen LogP contribution in [0.4, 0.5) is 0 Å². The van der Waals surface area contributed by atoms with Gasteiger partial charge in [-0.2, -0.15) is 10.2 Å². The number of allylic oxidation sites excluding steroid dienone is 1. The molecule has 2 aromatic rings. The van der Waals surface area contributed by atoms with Crippen molar-refractivity contribution in [3.8, 4) is 23.4 Å². The molecule has 2 heterocycles. The summed E-state index contributed by atoms with van der Waals surface area (Å²) in [5, 5.41) is 9.58. The van der Waals surface area contributed by atoms with Crippen LogP contribution < -0.4 is 25.5 Å². The van der Waals surface area contributed by atoms with Crippen LogP contribution in [0.3, 0.4) is 0 Å². The topological polar surface area (TPSA) is 123 Å². The maximum absolute atomic E-state index is 12.6. The average Bonchev–Trinajstić information content (AvgIpc) is 2.59. The van der Waals surface area contributed by atoms with Crippen molar-refractivity contribution in [1.29, 1.82) is 5.26 Å². The summed E-state index contributed by atoms with van der Waals surface area (Å²) in [6.07, 6.45) is 0. The minimum atomic E-state index is -0.782. The molecule has 128 valence electrons. The lowest BCUT2D eigenvalue weighted by Gasteiger charge is -2.26. The molecule has 0 bridgehead atoms. The summed E-state index contributed by atoms with van der Waals surface area (Å²) in [5.41, 5.74) is 6.36. The van der Waals surface area contributed by atoms with Crippen molar-refractivity contribution in [1.82, 2.24) is 9.97 Å². The highest BCUT2D eigenvalue weighted by Crippen LogP contribution is 2.43. The number of ether oxygens (including phenoxy) is 3. The van der Waals surface area contributed by atoms with Gasteiger partial charge in [-0.3, -0.25) is 4.79 Å². The molecule has 0 radical (unpaired) electrons. The third kappa shape index (κ3) is 2.65. The van der Waals surface area contributed by atoms with E-state index in [9.17, 15) is 10.1 Å². The Labute approximate surface area is 143 Å². The largest absolute Gasteiger partial charge is 0.497 e. The fourth-order valence-electron chi connectivity index (χ4n) is 2.84. The van der Waals surface area contributed by atoms with Crippen molar-refractivity contribution in [2.24, 2.45) is 5.73 Å². The molecule has 8 nitrogen and oxygen atoms in total. The van der Waals surface area contributed by atoms with Crippen LogP contribution in [0.1, 0.15) is 22.9 Å². The Bertz CT molecular complexity index is 972. The van der Waals surface area contributed by atoms with E-state index in [2.05, 4.69) is 9.97 Å². The minimum Gasteiger partial charge on any atom is -0.497 e. The Morgan fingerprint density at radius 1 is 1.36 bits per heavy atom. The molecule has 0 aliphatic carbocycles. The summed E-state index contributed by atoms with van der Waals surface area (Å²) in [6.45, 7) is 1.63. The van der Waals surface area contributed by atoms with E-state index in [4.69, 9.17) is 19.9 Å². The zero-order valence-electron chi connectivity index (χ0n) is 13.9. The zero-order chi connectivity index (χ0) is 18.1. The van der Waals surface area contributed by atoms with Gasteiger partial charge >= 0.3 is 0 Å². The zero-order valence-corrected chi connectivity index (χ0v) is 13.9. The van der Waals surface area contributed by atoms with Crippen LogP contribution in [0.2, 0.25) is 0 Å². The molecule has 3 rings (SSSR count). The minimum absolute atomic E-state index is 0.0765. The first-order valence-corrected chi connectivity index (χ1v) is 7.40. The molecule has 1 aliphatic heterocycles. The van der Waals surface area contributed by atoms with Crippen molar-refractivity contribution in [3.63, 3.8) is 0 Å². The number of aromatic nitrogens is 2. The Hall–Kier alpha value is -3.47. The third-order valence-corrected chi connectivity index (χ3v) is 3.96. The lowest BCUT2D eigenvalue weighted by Crippen LogP contribution is -2.29. The highest BCUT2D eigenvalue weighted by molar-refractivity contribution is 5.57. The second-order valence-electron chi connectivity index (χ2n) is 5.40. The number of aromatic amines is 1. The van der Waals surface area contributed by atoms with Gasteiger partial charge in [0.2, 0.25) is 11.8 Å². The molecule has 0 saturated carbocycles. The summed E-state index contributed by atoms with van der Waals surface area (Å²) < 4.78 is 16.1. The number of fused-ring (bicyclic) bond motifs is 1. The van der Waals surface area contributed by atoms with Gasteiger partial charge in [-0.1, -0.05) is 0 Å². The molecular formula is C17H16N4O4. The fourth-order valence-corrected chi connectivity index (χ4v) is 2.84. The highest BCUT2D eigenvalue weighted by atomic mass is 16.5. The number of nitriles is 1. The maximum Gasteiger partial charge on any atom is 0.258 e. The van der Waals surface area contributed by atoms with E-state index < -0.39 is 11.5 Å². The van der Waals surface area contributed by atoms with Crippen molar-refractivity contribution in [2.45, 2.75) is 12.8 Å². The number of nitrogens with two attached hydrogens (primary N) is 1. The number of benzene rings is 1. The van der Waals surface area contributed by atoms with E-state index in [0.717, 1.165) is 0 Å². The smallest absolute Gasteiger partial charge is 0.258 e. The molecule has 0 amide bonds. The predicted molar refractivity (Wildman–Crippen MR) is 88.4 cm³/mol. The van der Waals surface area contributed by atoms with Crippen LogP contribution >= 0.6 is 0 Å². The molecule has 1 aromatic carbocycles. The fraction of sp³-hybridized carbons (Fsp3) is 0.235. The van der Waals surface area contributed by atoms with Crippen molar-refractivity contribution >= 4 is 0 Å². The Kier molecular flexibility index (Phi) is 4.07. The van der Waals surface area contributed by atoms with Crippen LogP contribution in [0.15, 0.2) is 34.4 Å². The summed E-state index contributed by atoms with van der Waals surface area (Å²) in [4.78, 5) is 19.4. The SMILES string of the molecule is COc1ccc(OC)c(C2C(C#N)=C(N)Oc3nc(C)[nH]c(=O)c32)c1. The molecule has 0 fully saturated rings. The number of hydrogen-bond acceptors (Lipinski definition) is 7. The number of rotatable bonds is 3. The molecule has 0 saturated heterocycles. The molecule has 8 heteroatoms. The lowest BCUT2D eigenvalue weighted by atomic mass is 9.84. The van der Waals surface area contributed by atoms with Crippen molar-refractivity contribution in [3.05, 3.63) is 57.0 Å². The van der Waals surface area contributed by atoms with Gasteiger partial charge in [0, 0.05) is 5.56 Å². The van der Waals surface area contributed by atoms with E-state index in [0.29, 0.717) is 22.9 Å². The van der Waals surface area contributed by atoms with E-state index in [1.54, 1.807) is 25.1 Å². The van der Waals surface area contributed by atoms with Crippen LogP contribution in [-0.2, 0) is 0 Å². The summed E-state index contributed by atoms with van der Waals surface area (Å²) in [6, 6.07) is 7.14. The maximum atomic E-state index is 12.6. The van der Waals surface area contributed by atoms with E-state index in [1.165, 1.54) is 14.2 Å². The monoisotopic (exact) mass is 340 g/mol. The Morgan fingerprint density at radius 3 is 2.76 bits per heavy atom. The van der Waals surface area contributed by atoms with Crippen molar-refractivity contribution < 1.29 is 14.2 Å². The molecule has 25 heavy (non-hydrogen) atoms. The second kappa shape index (κ2) is 6.20. The molecule has 1 aliphatic rings. The number of methoxy groups -OCH3 is 2. The van der Waals surface area contributed by atoms with Crippen LogP contribution in [0, 0.1) is 18.3 Å². The van der Waals surface area contributed by atoms with E-state index in [1.807, 2.05) is 6.07 Å². The Balaban J connectivity index is 2.35. The predicted octanol–water partition coefficient (Wildman–Crippen LogP) is 1.31. The molecule has 1 atom stereocenters. The summed E-state index contributed by atoms with van der Waals surface area (Å²) in [7, 11) is 3.03. The molecule has 0 spiro atoms. The molecule has 3 N–H and O–H groups in total.